The van der Waals surface area contributed by atoms with E-state index >= 15 is 0 Å². The summed E-state index contributed by atoms with van der Waals surface area (Å²) >= 11 is 5.84. The molecule has 18 heavy (non-hydrogen) atoms. The smallest absolute Gasteiger partial charge is 0.285 e. The molecule has 2 rings (SSSR count). The lowest BCUT2D eigenvalue weighted by molar-refractivity contribution is 0.763. The van der Waals surface area contributed by atoms with E-state index in [0.717, 1.165) is 5.56 Å². The van der Waals surface area contributed by atoms with E-state index in [4.69, 9.17) is 17.3 Å². The van der Waals surface area contributed by atoms with Crippen LogP contribution in [-0.2, 0) is 0 Å². The number of anilines is 1. The molecule has 1 atom stereocenters. The number of aromatic amines is 1. The Labute approximate surface area is 109 Å². The van der Waals surface area contributed by atoms with Gasteiger partial charge in [-0.25, -0.2) is 5.10 Å². The van der Waals surface area contributed by atoms with Gasteiger partial charge in [0.15, 0.2) is 0 Å². The molecule has 0 aliphatic rings. The van der Waals surface area contributed by atoms with Gasteiger partial charge in [0.25, 0.3) is 5.56 Å². The highest BCUT2D eigenvalue weighted by atomic mass is 35.5. The van der Waals surface area contributed by atoms with Gasteiger partial charge in [0.05, 0.1) is 11.9 Å². The SMILES string of the molecule is NC(CNc1cn[nH]c(=O)c1Cl)c1ccccc1. The monoisotopic (exact) mass is 264 g/mol. The summed E-state index contributed by atoms with van der Waals surface area (Å²) in [6.07, 6.45) is 1.46. The number of benzene rings is 1. The minimum Gasteiger partial charge on any atom is -0.380 e. The Morgan fingerprint density at radius 1 is 1.39 bits per heavy atom. The molecular weight excluding hydrogens is 252 g/mol. The van der Waals surface area contributed by atoms with Crippen LogP contribution < -0.4 is 16.6 Å². The maximum atomic E-state index is 11.2. The molecule has 4 N–H and O–H groups in total. The van der Waals surface area contributed by atoms with Crippen molar-refractivity contribution in [2.75, 3.05) is 11.9 Å². The fourth-order valence-corrected chi connectivity index (χ4v) is 1.70. The van der Waals surface area contributed by atoms with Crippen LogP contribution in [-0.4, -0.2) is 16.7 Å². The summed E-state index contributed by atoms with van der Waals surface area (Å²) in [6, 6.07) is 9.50. The first-order valence-corrected chi connectivity index (χ1v) is 5.84. The molecule has 94 valence electrons. The molecule has 0 bridgehead atoms. The van der Waals surface area contributed by atoms with Crippen molar-refractivity contribution in [1.29, 1.82) is 0 Å². The first-order valence-electron chi connectivity index (χ1n) is 5.46. The number of hydrogen-bond donors (Lipinski definition) is 3. The summed E-state index contributed by atoms with van der Waals surface area (Å²) in [7, 11) is 0. The zero-order chi connectivity index (χ0) is 13.0. The van der Waals surface area contributed by atoms with Crippen LogP contribution in [0.1, 0.15) is 11.6 Å². The number of nitrogens with one attached hydrogen (secondary N) is 2. The maximum absolute atomic E-state index is 11.2. The second kappa shape index (κ2) is 5.66. The van der Waals surface area contributed by atoms with Crippen LogP contribution in [0.3, 0.4) is 0 Å². The normalized spacial score (nSPS) is 12.1. The molecule has 0 saturated heterocycles. The van der Waals surface area contributed by atoms with Crippen LogP contribution in [0.15, 0.2) is 41.3 Å². The fourth-order valence-electron chi connectivity index (χ4n) is 1.54. The Morgan fingerprint density at radius 2 is 2.11 bits per heavy atom. The second-order valence-corrected chi connectivity index (χ2v) is 4.20. The van der Waals surface area contributed by atoms with E-state index in [0.29, 0.717) is 12.2 Å². The molecule has 1 aromatic carbocycles. The summed E-state index contributed by atoms with van der Waals surface area (Å²) in [5, 5.41) is 9.02. The maximum Gasteiger partial charge on any atom is 0.285 e. The van der Waals surface area contributed by atoms with Gasteiger partial charge >= 0.3 is 0 Å². The van der Waals surface area contributed by atoms with E-state index in [1.165, 1.54) is 6.20 Å². The Balaban J connectivity index is 2.04. The summed E-state index contributed by atoms with van der Waals surface area (Å²) in [4.78, 5) is 11.2. The summed E-state index contributed by atoms with van der Waals surface area (Å²) in [5.74, 6) is 0. The highest BCUT2D eigenvalue weighted by Crippen LogP contribution is 2.16. The molecule has 1 aromatic heterocycles. The zero-order valence-corrected chi connectivity index (χ0v) is 10.3. The molecule has 0 spiro atoms. The lowest BCUT2D eigenvalue weighted by Crippen LogP contribution is -2.22. The lowest BCUT2D eigenvalue weighted by atomic mass is 10.1. The zero-order valence-electron chi connectivity index (χ0n) is 9.56. The molecule has 0 saturated carbocycles. The number of nitrogens with zero attached hydrogens (tertiary/aromatic N) is 1. The van der Waals surface area contributed by atoms with Gasteiger partial charge in [-0.2, -0.15) is 5.10 Å². The molecule has 0 aliphatic heterocycles. The minimum absolute atomic E-state index is 0.0882. The largest absolute Gasteiger partial charge is 0.380 e. The second-order valence-electron chi connectivity index (χ2n) is 3.82. The summed E-state index contributed by atoms with van der Waals surface area (Å²) in [6.45, 7) is 0.467. The van der Waals surface area contributed by atoms with Crippen LogP contribution in [0.25, 0.3) is 0 Å². The average Bonchev–Trinajstić information content (AvgIpc) is 2.41. The Bertz CT molecular complexity index is 570. The molecule has 1 heterocycles. The molecule has 2 aromatic rings. The topological polar surface area (TPSA) is 83.8 Å². The van der Waals surface area contributed by atoms with Gasteiger partial charge in [-0.05, 0) is 5.56 Å². The van der Waals surface area contributed by atoms with Crippen molar-refractivity contribution in [3.8, 4) is 0 Å². The first-order chi connectivity index (χ1) is 8.68. The molecule has 1 unspecified atom stereocenters. The Hall–Kier alpha value is -1.85. The summed E-state index contributed by atoms with van der Waals surface area (Å²) < 4.78 is 0. The first kappa shape index (κ1) is 12.6. The van der Waals surface area contributed by atoms with Crippen LogP contribution in [0.5, 0.6) is 0 Å². The van der Waals surface area contributed by atoms with Gasteiger partial charge in [-0.15, -0.1) is 0 Å². The third kappa shape index (κ3) is 2.88. The van der Waals surface area contributed by atoms with Crippen LogP contribution in [0.4, 0.5) is 5.69 Å². The third-order valence-corrected chi connectivity index (χ3v) is 2.91. The number of rotatable bonds is 4. The standard InChI is InChI=1S/C12H13ClN4O/c13-11-10(7-16-17-12(11)18)15-6-9(14)8-4-2-1-3-5-8/h1-5,7,9H,6,14H2,(H2,15,17,18). The highest BCUT2D eigenvalue weighted by molar-refractivity contribution is 6.32. The van der Waals surface area contributed by atoms with Gasteiger partial charge in [0.2, 0.25) is 0 Å². The summed E-state index contributed by atoms with van der Waals surface area (Å²) in [5.41, 5.74) is 7.09. The molecule has 6 heteroatoms. The van der Waals surface area contributed by atoms with Crippen LogP contribution in [0, 0.1) is 0 Å². The van der Waals surface area contributed by atoms with Crippen molar-refractivity contribution in [3.05, 3.63) is 57.5 Å². The molecule has 0 radical (unpaired) electrons. The van der Waals surface area contributed by atoms with Crippen LogP contribution in [0.2, 0.25) is 5.02 Å². The van der Waals surface area contributed by atoms with Gasteiger partial charge in [0, 0.05) is 12.6 Å². The minimum atomic E-state index is -0.421. The number of H-pyrrole nitrogens is 1. The number of hydrogen-bond acceptors (Lipinski definition) is 4. The fraction of sp³-hybridized carbons (Fsp3) is 0.167. The van der Waals surface area contributed by atoms with Crippen molar-refractivity contribution in [2.45, 2.75) is 6.04 Å². The van der Waals surface area contributed by atoms with Gasteiger partial charge < -0.3 is 11.1 Å². The van der Waals surface area contributed by atoms with E-state index in [1.54, 1.807) is 0 Å². The molecule has 0 amide bonds. The number of aromatic nitrogens is 2. The van der Waals surface area contributed by atoms with Gasteiger partial charge in [0.1, 0.15) is 5.02 Å². The molecule has 0 fully saturated rings. The molecule has 0 aliphatic carbocycles. The van der Waals surface area contributed by atoms with E-state index in [-0.39, 0.29) is 11.1 Å². The average molecular weight is 265 g/mol. The van der Waals surface area contributed by atoms with E-state index in [9.17, 15) is 4.79 Å². The van der Waals surface area contributed by atoms with Crippen molar-refractivity contribution in [3.63, 3.8) is 0 Å². The van der Waals surface area contributed by atoms with Crippen molar-refractivity contribution >= 4 is 17.3 Å². The lowest BCUT2D eigenvalue weighted by Gasteiger charge is -2.14. The van der Waals surface area contributed by atoms with Crippen molar-refractivity contribution < 1.29 is 0 Å². The van der Waals surface area contributed by atoms with Gasteiger partial charge in [-0.1, -0.05) is 41.9 Å². The van der Waals surface area contributed by atoms with E-state index in [1.807, 2.05) is 30.3 Å². The Morgan fingerprint density at radius 3 is 2.83 bits per heavy atom. The van der Waals surface area contributed by atoms with Gasteiger partial charge in [-0.3, -0.25) is 4.79 Å². The van der Waals surface area contributed by atoms with Crippen LogP contribution >= 0.6 is 11.6 Å². The third-order valence-electron chi connectivity index (χ3n) is 2.54. The molecular formula is C12H13ClN4O. The molecule has 5 nitrogen and oxygen atoms in total. The van der Waals surface area contributed by atoms with E-state index in [2.05, 4.69) is 15.5 Å². The quantitative estimate of drug-likeness (QED) is 0.782. The predicted octanol–water partition coefficient (Wildman–Crippen LogP) is 1.54. The predicted molar refractivity (Wildman–Crippen MR) is 71.7 cm³/mol. The number of halogens is 1. The van der Waals surface area contributed by atoms with Crippen molar-refractivity contribution in [2.24, 2.45) is 5.73 Å². The van der Waals surface area contributed by atoms with Crippen molar-refractivity contribution in [1.82, 2.24) is 10.2 Å². The number of nitrogens with two attached hydrogens (primary N) is 1. The Kier molecular flexibility index (Phi) is 3.96. The van der Waals surface area contributed by atoms with E-state index < -0.39 is 5.56 Å². The highest BCUT2D eigenvalue weighted by Gasteiger charge is 2.08.